The van der Waals surface area contributed by atoms with Crippen LogP contribution < -0.4 is 19.9 Å². The number of aryl methyl sites for hydroxylation is 1. The largest absolute Gasteiger partial charge is 0.493 e. The first-order chi connectivity index (χ1) is 12.0. The van der Waals surface area contributed by atoms with Crippen molar-refractivity contribution in [1.29, 1.82) is 5.26 Å². The van der Waals surface area contributed by atoms with Gasteiger partial charge in [-0.1, -0.05) is 12.1 Å². The number of fused-ring (bicyclic) bond motifs is 1. The second kappa shape index (κ2) is 6.69. The lowest BCUT2D eigenvalue weighted by molar-refractivity contribution is 0.352. The summed E-state index contributed by atoms with van der Waals surface area (Å²) in [6.07, 6.45) is 0. The molecule has 1 aliphatic rings. The number of rotatable bonds is 3. The summed E-state index contributed by atoms with van der Waals surface area (Å²) in [6, 6.07) is 11.8. The predicted octanol–water partition coefficient (Wildman–Crippen LogP) is 3.99. The Hall–Kier alpha value is -2.65. The summed E-state index contributed by atoms with van der Waals surface area (Å²) >= 11 is 3.51. The monoisotopic (exact) mass is 400 g/mol. The maximum Gasteiger partial charge on any atom is 0.205 e. The lowest BCUT2D eigenvalue weighted by Crippen LogP contribution is -2.21. The zero-order chi connectivity index (χ0) is 18.1. The molecule has 0 radical (unpaired) electrons. The van der Waals surface area contributed by atoms with Crippen molar-refractivity contribution in [3.05, 3.63) is 63.0 Å². The van der Waals surface area contributed by atoms with Gasteiger partial charge < -0.3 is 19.9 Å². The number of allylic oxidation sites excluding steroid dienone is 1. The number of ether oxygens (including phenoxy) is 3. The van der Waals surface area contributed by atoms with Crippen LogP contribution in [-0.2, 0) is 0 Å². The predicted molar refractivity (Wildman–Crippen MR) is 97.7 cm³/mol. The number of nitriles is 1. The normalized spacial score (nSPS) is 15.9. The molecule has 3 rings (SSSR count). The second-order valence-electron chi connectivity index (χ2n) is 5.70. The van der Waals surface area contributed by atoms with Crippen LogP contribution in [0.1, 0.15) is 22.6 Å². The molecule has 6 heteroatoms. The molecule has 2 aromatic rings. The Morgan fingerprint density at radius 2 is 1.96 bits per heavy atom. The molecule has 0 saturated heterocycles. The molecule has 1 aliphatic heterocycles. The lowest BCUT2D eigenvalue weighted by atomic mass is 9.83. The average molecular weight is 401 g/mol. The van der Waals surface area contributed by atoms with E-state index in [1.807, 2.05) is 37.3 Å². The molecule has 0 fully saturated rings. The van der Waals surface area contributed by atoms with Gasteiger partial charge in [-0.25, -0.2) is 0 Å². The Morgan fingerprint density at radius 3 is 2.60 bits per heavy atom. The smallest absolute Gasteiger partial charge is 0.205 e. The minimum atomic E-state index is -0.342. The van der Waals surface area contributed by atoms with Gasteiger partial charge in [0.2, 0.25) is 5.88 Å². The average Bonchev–Trinajstić information content (AvgIpc) is 2.59. The second-order valence-corrected chi connectivity index (χ2v) is 6.56. The Morgan fingerprint density at radius 1 is 1.20 bits per heavy atom. The molecular formula is C19H17BrN2O3. The van der Waals surface area contributed by atoms with Crippen molar-refractivity contribution in [1.82, 2.24) is 0 Å². The first-order valence-corrected chi connectivity index (χ1v) is 8.39. The Bertz CT molecular complexity index is 916. The minimum absolute atomic E-state index is 0.122. The van der Waals surface area contributed by atoms with Gasteiger partial charge >= 0.3 is 0 Å². The number of halogens is 1. The lowest BCUT2D eigenvalue weighted by Gasteiger charge is -2.27. The van der Waals surface area contributed by atoms with Crippen molar-refractivity contribution in [2.75, 3.05) is 14.2 Å². The number of hydrogen-bond donors (Lipinski definition) is 1. The van der Waals surface area contributed by atoms with Crippen molar-refractivity contribution in [3.63, 3.8) is 0 Å². The Labute approximate surface area is 154 Å². The summed E-state index contributed by atoms with van der Waals surface area (Å²) in [5.41, 5.74) is 9.18. The molecule has 128 valence electrons. The quantitative estimate of drug-likeness (QED) is 0.842. The fourth-order valence-corrected chi connectivity index (χ4v) is 3.63. The van der Waals surface area contributed by atoms with Gasteiger partial charge in [0, 0.05) is 5.56 Å². The summed E-state index contributed by atoms with van der Waals surface area (Å²) in [5, 5.41) is 9.63. The van der Waals surface area contributed by atoms with Crippen molar-refractivity contribution in [3.8, 4) is 23.3 Å². The molecule has 0 saturated carbocycles. The van der Waals surface area contributed by atoms with E-state index in [0.717, 1.165) is 21.2 Å². The van der Waals surface area contributed by atoms with E-state index in [1.54, 1.807) is 14.2 Å². The highest BCUT2D eigenvalue weighted by Crippen LogP contribution is 2.46. The minimum Gasteiger partial charge on any atom is -0.493 e. The number of methoxy groups -OCH3 is 2. The van der Waals surface area contributed by atoms with Crippen LogP contribution in [0.25, 0.3) is 0 Å². The number of nitrogens with two attached hydrogens (primary N) is 1. The molecule has 0 aromatic heterocycles. The molecule has 0 aliphatic carbocycles. The van der Waals surface area contributed by atoms with E-state index in [-0.39, 0.29) is 11.8 Å². The fourth-order valence-electron chi connectivity index (χ4n) is 3.01. The highest BCUT2D eigenvalue weighted by Gasteiger charge is 2.31. The standard InChI is InChI=1S/C19H17BrN2O3/c1-10-4-5-12-15(6-10)25-19(22)13(9-21)17(12)11-7-14(20)18(24-3)16(8-11)23-2/h4-8,17H,22H2,1-3H3. The molecular weight excluding hydrogens is 384 g/mol. The molecule has 25 heavy (non-hydrogen) atoms. The first kappa shape index (κ1) is 17.2. The van der Waals surface area contributed by atoms with Gasteiger partial charge in [0.25, 0.3) is 0 Å². The third-order valence-corrected chi connectivity index (χ3v) is 4.75. The molecule has 1 heterocycles. The summed E-state index contributed by atoms with van der Waals surface area (Å²) < 4.78 is 17.2. The zero-order valence-electron chi connectivity index (χ0n) is 14.1. The number of hydrogen-bond acceptors (Lipinski definition) is 5. The molecule has 0 amide bonds. The van der Waals surface area contributed by atoms with E-state index in [2.05, 4.69) is 22.0 Å². The zero-order valence-corrected chi connectivity index (χ0v) is 15.7. The van der Waals surface area contributed by atoms with Crippen LogP contribution in [0.15, 0.2) is 46.3 Å². The van der Waals surface area contributed by atoms with Gasteiger partial charge in [-0.3, -0.25) is 0 Å². The molecule has 0 bridgehead atoms. The van der Waals surface area contributed by atoms with E-state index in [4.69, 9.17) is 19.9 Å². The van der Waals surface area contributed by atoms with Crippen LogP contribution in [0.5, 0.6) is 17.2 Å². The van der Waals surface area contributed by atoms with E-state index in [0.29, 0.717) is 22.8 Å². The maximum atomic E-state index is 9.63. The van der Waals surface area contributed by atoms with Crippen molar-refractivity contribution in [2.45, 2.75) is 12.8 Å². The Kier molecular flexibility index (Phi) is 4.60. The van der Waals surface area contributed by atoms with Gasteiger partial charge in [-0.2, -0.15) is 5.26 Å². The van der Waals surface area contributed by atoms with Crippen molar-refractivity contribution < 1.29 is 14.2 Å². The van der Waals surface area contributed by atoms with E-state index in [1.165, 1.54) is 0 Å². The summed E-state index contributed by atoms with van der Waals surface area (Å²) in [5.74, 6) is 1.61. The molecule has 2 N–H and O–H groups in total. The van der Waals surface area contributed by atoms with Gasteiger partial charge in [-0.05, 0) is 52.2 Å². The molecule has 5 nitrogen and oxygen atoms in total. The molecule has 1 atom stereocenters. The van der Waals surface area contributed by atoms with Crippen LogP contribution in [0.3, 0.4) is 0 Å². The van der Waals surface area contributed by atoms with Crippen LogP contribution >= 0.6 is 15.9 Å². The van der Waals surface area contributed by atoms with Crippen LogP contribution in [-0.4, -0.2) is 14.2 Å². The van der Waals surface area contributed by atoms with E-state index >= 15 is 0 Å². The van der Waals surface area contributed by atoms with E-state index in [9.17, 15) is 5.26 Å². The third kappa shape index (κ3) is 2.92. The van der Waals surface area contributed by atoms with Crippen molar-refractivity contribution >= 4 is 15.9 Å². The van der Waals surface area contributed by atoms with Gasteiger partial charge in [0.15, 0.2) is 11.5 Å². The van der Waals surface area contributed by atoms with Gasteiger partial charge in [-0.15, -0.1) is 0 Å². The van der Waals surface area contributed by atoms with Gasteiger partial charge in [0.1, 0.15) is 17.4 Å². The van der Waals surface area contributed by atoms with E-state index < -0.39 is 0 Å². The first-order valence-electron chi connectivity index (χ1n) is 7.59. The maximum absolute atomic E-state index is 9.63. The van der Waals surface area contributed by atoms with Crippen molar-refractivity contribution in [2.24, 2.45) is 5.73 Å². The fraction of sp³-hybridized carbons (Fsp3) is 0.211. The summed E-state index contributed by atoms with van der Waals surface area (Å²) in [6.45, 7) is 1.98. The summed E-state index contributed by atoms with van der Waals surface area (Å²) in [7, 11) is 3.15. The highest BCUT2D eigenvalue weighted by molar-refractivity contribution is 9.10. The topological polar surface area (TPSA) is 77.5 Å². The molecule has 0 spiro atoms. The van der Waals surface area contributed by atoms with Crippen LogP contribution in [0.2, 0.25) is 0 Å². The molecule has 1 unspecified atom stereocenters. The number of nitrogens with zero attached hydrogens (tertiary/aromatic N) is 1. The third-order valence-electron chi connectivity index (χ3n) is 4.16. The number of benzene rings is 2. The van der Waals surface area contributed by atoms with Crippen LogP contribution in [0.4, 0.5) is 0 Å². The van der Waals surface area contributed by atoms with Crippen LogP contribution in [0, 0.1) is 18.3 Å². The SMILES string of the molecule is COc1cc(C2C(C#N)=C(N)Oc3cc(C)ccc32)cc(Br)c1OC. The Balaban J connectivity index is 2.25. The highest BCUT2D eigenvalue weighted by atomic mass is 79.9. The summed E-state index contributed by atoms with van der Waals surface area (Å²) in [4.78, 5) is 0. The molecule has 2 aromatic carbocycles. The van der Waals surface area contributed by atoms with Gasteiger partial charge in [0.05, 0.1) is 24.6 Å².